The van der Waals surface area contributed by atoms with Crippen molar-refractivity contribution in [2.24, 2.45) is 5.73 Å². The summed E-state index contributed by atoms with van der Waals surface area (Å²) in [7, 11) is 0. The van der Waals surface area contributed by atoms with E-state index in [9.17, 15) is 0 Å². The number of hydrogen-bond donors (Lipinski definition) is 1. The SMILES string of the molecule is CCn1ccnc1C(N)c1cccc(C)c1Br. The molecule has 2 rings (SSSR count). The predicted molar refractivity (Wildman–Crippen MR) is 72.8 cm³/mol. The number of nitrogens with zero attached hydrogens (tertiary/aromatic N) is 2. The van der Waals surface area contributed by atoms with Crippen molar-refractivity contribution >= 4 is 15.9 Å². The number of aromatic nitrogens is 2. The third kappa shape index (κ3) is 2.28. The van der Waals surface area contributed by atoms with E-state index < -0.39 is 0 Å². The van der Waals surface area contributed by atoms with E-state index >= 15 is 0 Å². The van der Waals surface area contributed by atoms with Crippen molar-refractivity contribution in [1.82, 2.24) is 9.55 Å². The minimum Gasteiger partial charge on any atom is -0.334 e. The number of nitrogens with two attached hydrogens (primary N) is 1. The molecule has 2 aromatic rings. The molecule has 4 heteroatoms. The highest BCUT2D eigenvalue weighted by Crippen LogP contribution is 2.28. The van der Waals surface area contributed by atoms with Crippen LogP contribution in [-0.4, -0.2) is 9.55 Å². The van der Waals surface area contributed by atoms with Gasteiger partial charge in [0.2, 0.25) is 0 Å². The highest BCUT2D eigenvalue weighted by molar-refractivity contribution is 9.10. The zero-order valence-electron chi connectivity index (χ0n) is 10.0. The lowest BCUT2D eigenvalue weighted by Crippen LogP contribution is -2.18. The van der Waals surface area contributed by atoms with Crippen molar-refractivity contribution in [2.75, 3.05) is 0 Å². The van der Waals surface area contributed by atoms with Gasteiger partial charge in [-0.3, -0.25) is 0 Å². The van der Waals surface area contributed by atoms with Crippen molar-refractivity contribution in [3.05, 3.63) is 52.0 Å². The molecule has 90 valence electrons. The maximum atomic E-state index is 6.29. The van der Waals surface area contributed by atoms with Crippen LogP contribution in [0.25, 0.3) is 0 Å². The molecule has 1 aromatic carbocycles. The normalized spacial score (nSPS) is 12.7. The summed E-state index contributed by atoms with van der Waals surface area (Å²) < 4.78 is 3.14. The van der Waals surface area contributed by atoms with Gasteiger partial charge in [0.25, 0.3) is 0 Å². The van der Waals surface area contributed by atoms with E-state index in [1.807, 2.05) is 18.3 Å². The number of rotatable bonds is 3. The Morgan fingerprint density at radius 3 is 2.94 bits per heavy atom. The quantitative estimate of drug-likeness (QED) is 0.945. The van der Waals surface area contributed by atoms with Gasteiger partial charge in [0, 0.05) is 23.4 Å². The van der Waals surface area contributed by atoms with E-state index in [-0.39, 0.29) is 6.04 Å². The molecule has 0 aliphatic heterocycles. The summed E-state index contributed by atoms with van der Waals surface area (Å²) in [4.78, 5) is 4.35. The van der Waals surface area contributed by atoms with Crippen molar-refractivity contribution in [2.45, 2.75) is 26.4 Å². The molecule has 0 bridgehead atoms. The van der Waals surface area contributed by atoms with Gasteiger partial charge in [0.1, 0.15) is 5.82 Å². The molecule has 1 aromatic heterocycles. The molecule has 0 fully saturated rings. The van der Waals surface area contributed by atoms with E-state index in [2.05, 4.69) is 45.4 Å². The minimum absolute atomic E-state index is 0.195. The highest BCUT2D eigenvalue weighted by Gasteiger charge is 2.17. The molecule has 17 heavy (non-hydrogen) atoms. The number of imidazole rings is 1. The molecule has 0 amide bonds. The van der Waals surface area contributed by atoms with Crippen LogP contribution in [-0.2, 0) is 6.54 Å². The molecular formula is C13H16BrN3. The smallest absolute Gasteiger partial charge is 0.130 e. The van der Waals surface area contributed by atoms with E-state index in [1.54, 1.807) is 6.20 Å². The van der Waals surface area contributed by atoms with E-state index in [0.29, 0.717) is 0 Å². The predicted octanol–water partition coefficient (Wildman–Crippen LogP) is 3.02. The summed E-state index contributed by atoms with van der Waals surface area (Å²) in [5.74, 6) is 0.902. The van der Waals surface area contributed by atoms with Gasteiger partial charge in [-0.1, -0.05) is 34.1 Å². The van der Waals surface area contributed by atoms with Crippen LogP contribution in [0, 0.1) is 6.92 Å². The molecule has 2 N–H and O–H groups in total. The fraction of sp³-hybridized carbons (Fsp3) is 0.308. The maximum absolute atomic E-state index is 6.29. The average Bonchev–Trinajstić information content (AvgIpc) is 2.80. The summed E-state index contributed by atoms with van der Waals surface area (Å²) in [5, 5.41) is 0. The summed E-state index contributed by atoms with van der Waals surface area (Å²) >= 11 is 3.60. The molecule has 1 atom stereocenters. The van der Waals surface area contributed by atoms with Gasteiger partial charge in [0.15, 0.2) is 0 Å². The first kappa shape index (κ1) is 12.3. The second kappa shape index (κ2) is 5.02. The molecule has 0 saturated carbocycles. The second-order valence-corrected chi connectivity index (χ2v) is 4.82. The number of halogens is 1. The third-order valence-electron chi connectivity index (χ3n) is 2.92. The Hall–Kier alpha value is -1.13. The molecule has 0 aliphatic rings. The Kier molecular flexibility index (Phi) is 3.64. The molecule has 1 unspecified atom stereocenters. The summed E-state index contributed by atoms with van der Waals surface area (Å²) in [6.45, 7) is 5.03. The lowest BCUT2D eigenvalue weighted by atomic mass is 10.0. The first-order valence-corrected chi connectivity index (χ1v) is 6.46. The molecular weight excluding hydrogens is 278 g/mol. The van der Waals surface area contributed by atoms with Crippen LogP contribution >= 0.6 is 15.9 Å². The van der Waals surface area contributed by atoms with Gasteiger partial charge in [-0.2, -0.15) is 0 Å². The van der Waals surface area contributed by atoms with Crippen molar-refractivity contribution in [3.63, 3.8) is 0 Å². The van der Waals surface area contributed by atoms with Gasteiger partial charge < -0.3 is 10.3 Å². The zero-order chi connectivity index (χ0) is 12.4. The number of aryl methyl sites for hydroxylation is 2. The fourth-order valence-electron chi connectivity index (χ4n) is 1.92. The Bertz CT molecular complexity index is 519. The summed E-state index contributed by atoms with van der Waals surface area (Å²) in [6.07, 6.45) is 3.75. The lowest BCUT2D eigenvalue weighted by Gasteiger charge is -2.16. The first-order valence-electron chi connectivity index (χ1n) is 5.66. The topological polar surface area (TPSA) is 43.8 Å². The molecule has 0 aliphatic carbocycles. The highest BCUT2D eigenvalue weighted by atomic mass is 79.9. The fourth-order valence-corrected chi connectivity index (χ4v) is 2.43. The van der Waals surface area contributed by atoms with Crippen molar-refractivity contribution < 1.29 is 0 Å². The summed E-state index contributed by atoms with van der Waals surface area (Å²) in [6, 6.07) is 5.93. The third-order valence-corrected chi connectivity index (χ3v) is 4.01. The van der Waals surface area contributed by atoms with Crippen LogP contribution in [0.5, 0.6) is 0 Å². The van der Waals surface area contributed by atoms with Gasteiger partial charge in [-0.25, -0.2) is 4.98 Å². The standard InChI is InChI=1S/C13H16BrN3/c1-3-17-8-7-16-13(17)12(15)10-6-4-5-9(2)11(10)14/h4-8,12H,3,15H2,1-2H3. The van der Waals surface area contributed by atoms with Crippen molar-refractivity contribution in [1.29, 1.82) is 0 Å². The Morgan fingerprint density at radius 2 is 2.24 bits per heavy atom. The molecule has 0 saturated heterocycles. The maximum Gasteiger partial charge on any atom is 0.130 e. The van der Waals surface area contributed by atoms with Crippen LogP contribution in [0.2, 0.25) is 0 Å². The Balaban J connectivity index is 2.44. The molecule has 1 heterocycles. The minimum atomic E-state index is -0.195. The van der Waals surface area contributed by atoms with Gasteiger partial charge in [-0.05, 0) is 25.0 Å². The lowest BCUT2D eigenvalue weighted by molar-refractivity contribution is 0.655. The van der Waals surface area contributed by atoms with Gasteiger partial charge >= 0.3 is 0 Å². The zero-order valence-corrected chi connectivity index (χ0v) is 11.6. The first-order chi connectivity index (χ1) is 8.15. The molecule has 3 nitrogen and oxygen atoms in total. The second-order valence-electron chi connectivity index (χ2n) is 4.03. The number of benzene rings is 1. The van der Waals surface area contributed by atoms with Gasteiger partial charge in [-0.15, -0.1) is 0 Å². The van der Waals surface area contributed by atoms with Crippen LogP contribution in [0.15, 0.2) is 35.1 Å². The Morgan fingerprint density at radius 1 is 1.47 bits per heavy atom. The van der Waals surface area contributed by atoms with Crippen LogP contribution in [0.3, 0.4) is 0 Å². The van der Waals surface area contributed by atoms with Gasteiger partial charge in [0.05, 0.1) is 6.04 Å². The van der Waals surface area contributed by atoms with E-state index in [4.69, 9.17) is 5.73 Å². The van der Waals surface area contributed by atoms with E-state index in [0.717, 1.165) is 22.4 Å². The number of hydrogen-bond acceptors (Lipinski definition) is 2. The molecule has 0 radical (unpaired) electrons. The monoisotopic (exact) mass is 293 g/mol. The van der Waals surface area contributed by atoms with E-state index in [1.165, 1.54) is 5.56 Å². The summed E-state index contributed by atoms with van der Waals surface area (Å²) in [5.41, 5.74) is 8.56. The van der Waals surface area contributed by atoms with Crippen molar-refractivity contribution in [3.8, 4) is 0 Å². The average molecular weight is 294 g/mol. The van der Waals surface area contributed by atoms with Crippen LogP contribution in [0.4, 0.5) is 0 Å². The Labute approximate surface area is 110 Å². The van der Waals surface area contributed by atoms with Crippen LogP contribution < -0.4 is 5.73 Å². The largest absolute Gasteiger partial charge is 0.334 e. The molecule has 0 spiro atoms. The van der Waals surface area contributed by atoms with Crippen LogP contribution in [0.1, 0.15) is 29.9 Å².